The van der Waals surface area contributed by atoms with Gasteiger partial charge in [0, 0.05) is 17.3 Å². The van der Waals surface area contributed by atoms with Crippen molar-refractivity contribution >= 4 is 0 Å². The van der Waals surface area contributed by atoms with E-state index in [0.717, 1.165) is 36.1 Å². The Morgan fingerprint density at radius 2 is 2.28 bits per heavy atom. The fourth-order valence-corrected chi connectivity index (χ4v) is 2.66. The van der Waals surface area contributed by atoms with Gasteiger partial charge in [0.1, 0.15) is 5.82 Å². The highest BCUT2D eigenvalue weighted by Gasteiger charge is 2.22. The standard InChI is InChI=1S/C14H16FN3/c1-9-7-10(15)5-6-13(9)18-14-4-2-3-12(16)11(14)8-17-18/h5-8,12H,2-4,16H2,1H3. The number of hydrogen-bond acceptors (Lipinski definition) is 2. The number of benzene rings is 1. The van der Waals surface area contributed by atoms with Crippen LogP contribution in [-0.2, 0) is 6.42 Å². The SMILES string of the molecule is Cc1cc(F)ccc1-n1ncc2c1CCCC2N. The topological polar surface area (TPSA) is 43.8 Å². The molecule has 1 heterocycles. The number of halogens is 1. The molecular weight excluding hydrogens is 229 g/mol. The van der Waals surface area contributed by atoms with Crippen LogP contribution in [-0.4, -0.2) is 9.78 Å². The van der Waals surface area contributed by atoms with E-state index in [1.54, 1.807) is 6.07 Å². The number of aromatic nitrogens is 2. The van der Waals surface area contributed by atoms with Crippen molar-refractivity contribution in [2.24, 2.45) is 5.73 Å². The molecule has 1 aliphatic carbocycles. The molecule has 2 N–H and O–H groups in total. The summed E-state index contributed by atoms with van der Waals surface area (Å²) < 4.78 is 15.0. The highest BCUT2D eigenvalue weighted by atomic mass is 19.1. The maximum Gasteiger partial charge on any atom is 0.123 e. The molecule has 0 aliphatic heterocycles. The first-order valence-corrected chi connectivity index (χ1v) is 6.25. The molecule has 2 aromatic rings. The van der Waals surface area contributed by atoms with E-state index in [0.29, 0.717) is 0 Å². The van der Waals surface area contributed by atoms with Crippen LogP contribution in [0.4, 0.5) is 4.39 Å². The summed E-state index contributed by atoms with van der Waals surface area (Å²) in [7, 11) is 0. The summed E-state index contributed by atoms with van der Waals surface area (Å²) in [6.45, 7) is 1.90. The van der Waals surface area contributed by atoms with E-state index in [-0.39, 0.29) is 11.9 Å². The number of nitrogens with two attached hydrogens (primary N) is 1. The molecule has 0 spiro atoms. The Balaban J connectivity index is 2.12. The van der Waals surface area contributed by atoms with Crippen LogP contribution in [0, 0.1) is 12.7 Å². The molecule has 3 nitrogen and oxygen atoms in total. The Kier molecular flexibility index (Phi) is 2.67. The van der Waals surface area contributed by atoms with Crippen LogP contribution in [0.15, 0.2) is 24.4 Å². The van der Waals surface area contributed by atoms with Crippen molar-refractivity contribution in [3.63, 3.8) is 0 Å². The van der Waals surface area contributed by atoms with Gasteiger partial charge in [-0.05, 0) is 49.9 Å². The smallest absolute Gasteiger partial charge is 0.123 e. The van der Waals surface area contributed by atoms with Gasteiger partial charge in [-0.1, -0.05) is 0 Å². The molecule has 1 unspecified atom stereocenters. The largest absolute Gasteiger partial charge is 0.324 e. The van der Waals surface area contributed by atoms with Crippen molar-refractivity contribution in [1.82, 2.24) is 9.78 Å². The van der Waals surface area contributed by atoms with Gasteiger partial charge in [-0.2, -0.15) is 5.10 Å². The normalized spacial score (nSPS) is 18.7. The molecule has 1 aliphatic rings. The van der Waals surface area contributed by atoms with Gasteiger partial charge in [0.05, 0.1) is 11.9 Å². The van der Waals surface area contributed by atoms with Gasteiger partial charge < -0.3 is 5.73 Å². The third-order valence-corrected chi connectivity index (χ3v) is 3.62. The first-order chi connectivity index (χ1) is 8.66. The maximum atomic E-state index is 13.1. The van der Waals surface area contributed by atoms with Crippen molar-refractivity contribution in [3.8, 4) is 5.69 Å². The van der Waals surface area contributed by atoms with Crippen LogP contribution in [0.2, 0.25) is 0 Å². The number of aryl methyl sites for hydroxylation is 1. The predicted octanol–water partition coefficient (Wildman–Crippen LogP) is 2.66. The molecule has 0 radical (unpaired) electrons. The molecule has 0 saturated heterocycles. The molecular formula is C14H16FN3. The molecule has 0 saturated carbocycles. The van der Waals surface area contributed by atoms with E-state index < -0.39 is 0 Å². The van der Waals surface area contributed by atoms with Gasteiger partial charge in [0.15, 0.2) is 0 Å². The molecule has 0 amide bonds. The summed E-state index contributed by atoms with van der Waals surface area (Å²) in [6, 6.07) is 4.87. The lowest BCUT2D eigenvalue weighted by atomic mass is 9.93. The molecule has 94 valence electrons. The molecule has 1 aromatic heterocycles. The van der Waals surface area contributed by atoms with E-state index in [4.69, 9.17) is 5.73 Å². The van der Waals surface area contributed by atoms with Crippen molar-refractivity contribution in [3.05, 3.63) is 47.0 Å². The second kappa shape index (κ2) is 4.21. The van der Waals surface area contributed by atoms with Crippen LogP contribution in [0.3, 0.4) is 0 Å². The van der Waals surface area contributed by atoms with Crippen molar-refractivity contribution in [2.75, 3.05) is 0 Å². The van der Waals surface area contributed by atoms with Crippen LogP contribution in [0.25, 0.3) is 5.69 Å². The van der Waals surface area contributed by atoms with E-state index in [2.05, 4.69) is 5.10 Å². The molecule has 4 heteroatoms. The van der Waals surface area contributed by atoms with Crippen molar-refractivity contribution < 1.29 is 4.39 Å². The molecule has 3 rings (SSSR count). The van der Waals surface area contributed by atoms with Gasteiger partial charge in [0.25, 0.3) is 0 Å². The Morgan fingerprint density at radius 1 is 1.44 bits per heavy atom. The highest BCUT2D eigenvalue weighted by molar-refractivity contribution is 5.43. The summed E-state index contributed by atoms with van der Waals surface area (Å²) in [5, 5.41) is 4.42. The van der Waals surface area contributed by atoms with Gasteiger partial charge >= 0.3 is 0 Å². The van der Waals surface area contributed by atoms with Gasteiger partial charge in [-0.3, -0.25) is 0 Å². The van der Waals surface area contributed by atoms with Gasteiger partial charge in [-0.25, -0.2) is 9.07 Å². The van der Waals surface area contributed by atoms with E-state index in [9.17, 15) is 4.39 Å². The average Bonchev–Trinajstić information content (AvgIpc) is 2.74. The zero-order valence-electron chi connectivity index (χ0n) is 10.4. The first-order valence-electron chi connectivity index (χ1n) is 6.25. The Morgan fingerprint density at radius 3 is 3.06 bits per heavy atom. The van der Waals surface area contributed by atoms with Crippen LogP contribution in [0.5, 0.6) is 0 Å². The molecule has 0 bridgehead atoms. The highest BCUT2D eigenvalue weighted by Crippen LogP contribution is 2.30. The average molecular weight is 245 g/mol. The summed E-state index contributed by atoms with van der Waals surface area (Å²) in [5.74, 6) is -0.214. The monoisotopic (exact) mass is 245 g/mol. The van der Waals surface area contributed by atoms with Crippen molar-refractivity contribution in [2.45, 2.75) is 32.2 Å². The van der Waals surface area contributed by atoms with Crippen molar-refractivity contribution in [1.29, 1.82) is 0 Å². The minimum atomic E-state index is -0.214. The zero-order valence-corrected chi connectivity index (χ0v) is 10.4. The summed E-state index contributed by atoms with van der Waals surface area (Å²) in [4.78, 5) is 0. The second-order valence-electron chi connectivity index (χ2n) is 4.89. The van der Waals surface area contributed by atoms with E-state index in [1.807, 2.05) is 17.8 Å². The Bertz CT molecular complexity index is 589. The fourth-order valence-electron chi connectivity index (χ4n) is 2.66. The molecule has 18 heavy (non-hydrogen) atoms. The minimum Gasteiger partial charge on any atom is -0.324 e. The molecule has 1 aromatic carbocycles. The van der Waals surface area contributed by atoms with Crippen LogP contribution < -0.4 is 5.73 Å². The Labute approximate surface area is 105 Å². The van der Waals surface area contributed by atoms with E-state index >= 15 is 0 Å². The summed E-state index contributed by atoms with van der Waals surface area (Å²) in [6.07, 6.45) is 4.93. The number of fused-ring (bicyclic) bond motifs is 1. The van der Waals surface area contributed by atoms with E-state index in [1.165, 1.54) is 17.8 Å². The number of hydrogen-bond donors (Lipinski definition) is 1. The Hall–Kier alpha value is -1.68. The van der Waals surface area contributed by atoms with Gasteiger partial charge in [0.2, 0.25) is 0 Å². The first kappa shape index (κ1) is 11.4. The summed E-state index contributed by atoms with van der Waals surface area (Å²) in [5.41, 5.74) is 10.2. The second-order valence-corrected chi connectivity index (χ2v) is 4.89. The third kappa shape index (κ3) is 1.73. The van der Waals surface area contributed by atoms with Crippen LogP contribution in [0.1, 0.15) is 35.7 Å². The lowest BCUT2D eigenvalue weighted by molar-refractivity contribution is 0.557. The minimum absolute atomic E-state index is 0.0863. The van der Waals surface area contributed by atoms with Crippen LogP contribution >= 0.6 is 0 Å². The lowest BCUT2D eigenvalue weighted by Gasteiger charge is -2.20. The number of rotatable bonds is 1. The van der Waals surface area contributed by atoms with Gasteiger partial charge in [-0.15, -0.1) is 0 Å². The third-order valence-electron chi connectivity index (χ3n) is 3.62. The molecule has 1 atom stereocenters. The zero-order chi connectivity index (χ0) is 12.7. The summed E-state index contributed by atoms with van der Waals surface area (Å²) >= 11 is 0. The quantitative estimate of drug-likeness (QED) is 0.839. The predicted molar refractivity (Wildman–Crippen MR) is 68.1 cm³/mol. The lowest BCUT2D eigenvalue weighted by Crippen LogP contribution is -2.18. The maximum absolute atomic E-state index is 13.1. The molecule has 0 fully saturated rings. The fraction of sp³-hybridized carbons (Fsp3) is 0.357. The number of nitrogens with zero attached hydrogens (tertiary/aromatic N) is 2.